The molecule has 0 bridgehead atoms. The maximum absolute atomic E-state index is 13.0. The van der Waals surface area contributed by atoms with Crippen molar-refractivity contribution in [3.05, 3.63) is 47.4 Å². The smallest absolute Gasteiger partial charge is 0.406 e. The van der Waals surface area contributed by atoms with E-state index in [-0.39, 0.29) is 23.1 Å². The number of piperidine rings is 1. The lowest BCUT2D eigenvalue weighted by Crippen LogP contribution is -2.38. The van der Waals surface area contributed by atoms with Crippen LogP contribution < -0.4 is 10.5 Å². The second-order valence-corrected chi connectivity index (χ2v) is 9.32. The van der Waals surface area contributed by atoms with Crippen LogP contribution in [0.25, 0.3) is 11.2 Å². The van der Waals surface area contributed by atoms with Crippen LogP contribution in [0.15, 0.2) is 30.5 Å². The molecule has 2 aliphatic heterocycles. The van der Waals surface area contributed by atoms with E-state index in [0.29, 0.717) is 19.0 Å². The highest BCUT2D eigenvalue weighted by Gasteiger charge is 2.32. The first-order valence-corrected chi connectivity index (χ1v) is 12.2. The van der Waals surface area contributed by atoms with Crippen molar-refractivity contribution in [2.24, 2.45) is 0 Å². The minimum absolute atomic E-state index is 0.0484. The Morgan fingerprint density at radius 3 is 2.67 bits per heavy atom. The summed E-state index contributed by atoms with van der Waals surface area (Å²) in [6.07, 6.45) is 1.41. The minimum atomic E-state index is -4.82. The number of aromatic nitrogens is 3. The van der Waals surface area contributed by atoms with Gasteiger partial charge in [0.05, 0.1) is 5.56 Å². The molecule has 2 fully saturated rings. The van der Waals surface area contributed by atoms with Crippen molar-refractivity contribution in [2.45, 2.75) is 50.3 Å². The maximum Gasteiger partial charge on any atom is 0.573 e. The van der Waals surface area contributed by atoms with Gasteiger partial charge in [-0.2, -0.15) is 0 Å². The number of anilines is 1. The molecule has 192 valence electrons. The number of fused-ring (bicyclic) bond motifs is 1. The van der Waals surface area contributed by atoms with Crippen LogP contribution in [0.4, 0.5) is 18.9 Å². The molecule has 1 atom stereocenters. The molecule has 5 rings (SSSR count). The van der Waals surface area contributed by atoms with Gasteiger partial charge in [-0.1, -0.05) is 0 Å². The summed E-state index contributed by atoms with van der Waals surface area (Å²) in [5.41, 5.74) is 8.77. The van der Waals surface area contributed by atoms with Crippen molar-refractivity contribution >= 4 is 22.8 Å². The normalized spacial score (nSPS) is 19.9. The Hall–Kier alpha value is -3.34. The fourth-order valence-corrected chi connectivity index (χ4v) is 5.14. The van der Waals surface area contributed by atoms with Crippen molar-refractivity contribution in [1.29, 1.82) is 0 Å². The number of nitrogens with two attached hydrogens (primary N) is 1. The van der Waals surface area contributed by atoms with Gasteiger partial charge in [-0.25, -0.2) is 9.97 Å². The second-order valence-electron chi connectivity index (χ2n) is 9.32. The number of nitrogens with one attached hydrogen (secondary N) is 1. The third kappa shape index (κ3) is 5.25. The number of benzene rings is 1. The summed E-state index contributed by atoms with van der Waals surface area (Å²) in [7, 11) is 0. The zero-order chi connectivity index (χ0) is 25.3. The molecule has 0 unspecified atom stereocenters. The lowest BCUT2D eigenvalue weighted by atomic mass is 9.89. The van der Waals surface area contributed by atoms with E-state index in [1.54, 1.807) is 11.1 Å². The van der Waals surface area contributed by atoms with Crippen LogP contribution in [0.2, 0.25) is 0 Å². The molecule has 1 amide bonds. The summed E-state index contributed by atoms with van der Waals surface area (Å²) in [6.45, 7) is 2.53. The van der Waals surface area contributed by atoms with Gasteiger partial charge in [0.1, 0.15) is 17.1 Å². The zero-order valence-corrected chi connectivity index (χ0v) is 19.7. The summed E-state index contributed by atoms with van der Waals surface area (Å²) in [5.74, 6) is 0.741. The molecule has 8 nitrogen and oxygen atoms in total. The number of H-pyrrole nitrogens is 1. The predicted octanol–water partition coefficient (Wildman–Crippen LogP) is 4.74. The molecule has 3 aromatic rings. The number of alkyl halides is 3. The van der Waals surface area contributed by atoms with E-state index in [1.807, 2.05) is 6.07 Å². The summed E-state index contributed by atoms with van der Waals surface area (Å²) >= 11 is 0. The van der Waals surface area contributed by atoms with Gasteiger partial charge in [0, 0.05) is 50.2 Å². The largest absolute Gasteiger partial charge is 0.573 e. The van der Waals surface area contributed by atoms with Gasteiger partial charge in [0.25, 0.3) is 5.91 Å². The molecule has 1 aromatic carbocycles. The predicted molar refractivity (Wildman–Crippen MR) is 127 cm³/mol. The molecule has 11 heteroatoms. The molecule has 36 heavy (non-hydrogen) atoms. The lowest BCUT2D eigenvalue weighted by molar-refractivity contribution is -0.274. The highest BCUT2D eigenvalue weighted by Crippen LogP contribution is 2.35. The van der Waals surface area contributed by atoms with E-state index in [4.69, 9.17) is 15.5 Å². The monoisotopic (exact) mass is 503 g/mol. The van der Waals surface area contributed by atoms with Gasteiger partial charge in [0.2, 0.25) is 0 Å². The number of nitrogen functional groups attached to an aromatic ring is 1. The van der Waals surface area contributed by atoms with Crippen LogP contribution in [0.1, 0.15) is 65.7 Å². The van der Waals surface area contributed by atoms with Crippen molar-refractivity contribution in [3.63, 3.8) is 0 Å². The number of ether oxygens (including phenoxy) is 2. The summed E-state index contributed by atoms with van der Waals surface area (Å²) < 4.78 is 46.8. The van der Waals surface area contributed by atoms with Crippen molar-refractivity contribution in [1.82, 2.24) is 19.9 Å². The average Bonchev–Trinajstić information content (AvgIpc) is 3.09. The van der Waals surface area contributed by atoms with Gasteiger partial charge in [-0.15, -0.1) is 13.2 Å². The van der Waals surface area contributed by atoms with Crippen LogP contribution in [0, 0.1) is 0 Å². The summed E-state index contributed by atoms with van der Waals surface area (Å²) in [6, 6.07) is 5.41. The van der Waals surface area contributed by atoms with Crippen LogP contribution in [-0.2, 0) is 4.74 Å². The molecule has 2 saturated heterocycles. The minimum Gasteiger partial charge on any atom is -0.406 e. The number of carbonyl (C=O) groups is 1. The first-order chi connectivity index (χ1) is 17.3. The standard InChI is InChI=1S/C25H28F3N5O3/c26-25(27,28)36-17-3-4-19(20(29)14-17)24(34)33-10-6-15(7-11-33)18-5-9-30-23-21(18)31-22(32-23)16-2-1-12-35-13-8-16/h3-5,9,14-16H,1-2,6-8,10-13,29H2,(H,30,31,32)/t16-/m0/s1. The van der Waals surface area contributed by atoms with Gasteiger partial charge < -0.3 is 25.1 Å². The number of halogens is 3. The molecule has 0 radical (unpaired) electrons. The quantitative estimate of drug-likeness (QED) is 0.498. The van der Waals surface area contributed by atoms with E-state index < -0.39 is 12.1 Å². The Bertz CT molecular complexity index is 1230. The third-order valence-electron chi connectivity index (χ3n) is 6.98. The van der Waals surface area contributed by atoms with Crippen LogP contribution in [0.5, 0.6) is 5.75 Å². The molecule has 3 N–H and O–H groups in total. The van der Waals surface area contributed by atoms with Crippen molar-refractivity contribution < 1.29 is 27.4 Å². The summed E-state index contributed by atoms with van der Waals surface area (Å²) in [5, 5.41) is 0. The van der Waals surface area contributed by atoms with Gasteiger partial charge in [0.15, 0.2) is 5.65 Å². The number of hydrogen-bond donors (Lipinski definition) is 2. The van der Waals surface area contributed by atoms with Gasteiger partial charge in [-0.05, 0) is 61.8 Å². The zero-order valence-electron chi connectivity index (χ0n) is 19.7. The van der Waals surface area contributed by atoms with Crippen LogP contribution >= 0.6 is 0 Å². The molecule has 4 heterocycles. The van der Waals surface area contributed by atoms with Crippen LogP contribution in [-0.4, -0.2) is 58.4 Å². The molecule has 0 saturated carbocycles. The number of nitrogens with zero attached hydrogens (tertiary/aromatic N) is 3. The molecule has 2 aliphatic rings. The number of carbonyl (C=O) groups excluding carboxylic acids is 1. The van der Waals surface area contributed by atoms with Crippen LogP contribution in [0.3, 0.4) is 0 Å². The maximum atomic E-state index is 13.0. The first-order valence-electron chi connectivity index (χ1n) is 12.2. The van der Waals surface area contributed by atoms with E-state index in [2.05, 4.69) is 14.7 Å². The highest BCUT2D eigenvalue weighted by atomic mass is 19.4. The van der Waals surface area contributed by atoms with Crippen molar-refractivity contribution in [2.75, 3.05) is 32.0 Å². The number of imidazole rings is 1. The fraction of sp³-hybridized carbons (Fsp3) is 0.480. The molecule has 0 aliphatic carbocycles. The Labute approximate surface area is 206 Å². The first kappa shape index (κ1) is 24.4. The van der Waals surface area contributed by atoms with E-state index >= 15 is 0 Å². The number of pyridine rings is 1. The fourth-order valence-electron chi connectivity index (χ4n) is 5.14. The highest BCUT2D eigenvalue weighted by molar-refractivity contribution is 5.99. The SMILES string of the molecule is Nc1cc(OC(F)(F)F)ccc1C(=O)N1CCC(c2ccnc3[nH]c([C@H]4CCCOCC4)nc23)CC1. The second kappa shape index (κ2) is 9.96. The Balaban J connectivity index is 1.27. The lowest BCUT2D eigenvalue weighted by Gasteiger charge is -2.32. The number of aromatic amines is 1. The van der Waals surface area contributed by atoms with Gasteiger partial charge >= 0.3 is 6.36 Å². The van der Waals surface area contributed by atoms with E-state index in [1.165, 1.54) is 6.07 Å². The topological polar surface area (TPSA) is 106 Å². The molecule has 2 aromatic heterocycles. The molecular weight excluding hydrogens is 475 g/mol. The molecule has 0 spiro atoms. The average molecular weight is 504 g/mol. The van der Waals surface area contributed by atoms with E-state index in [9.17, 15) is 18.0 Å². The van der Waals surface area contributed by atoms with Gasteiger partial charge in [-0.3, -0.25) is 4.79 Å². The molecular formula is C25H28F3N5O3. The number of hydrogen-bond acceptors (Lipinski definition) is 6. The Kier molecular flexibility index (Phi) is 6.74. The Morgan fingerprint density at radius 1 is 1.11 bits per heavy atom. The number of rotatable bonds is 4. The van der Waals surface area contributed by atoms with Crippen molar-refractivity contribution in [3.8, 4) is 5.75 Å². The van der Waals surface area contributed by atoms with E-state index in [0.717, 1.165) is 80.0 Å². The number of likely N-dealkylation sites (tertiary alicyclic amines) is 1. The Morgan fingerprint density at radius 2 is 1.92 bits per heavy atom. The third-order valence-corrected chi connectivity index (χ3v) is 6.98. The number of amides is 1. The summed E-state index contributed by atoms with van der Waals surface area (Å²) in [4.78, 5) is 27.5.